The van der Waals surface area contributed by atoms with Crippen LogP contribution in [-0.2, 0) is 14.3 Å². The monoisotopic (exact) mass is 243 g/mol. The number of carbonyl (C=O) groups is 2. The maximum absolute atomic E-state index is 11.5. The van der Waals surface area contributed by atoms with E-state index in [1.807, 2.05) is 0 Å². The lowest BCUT2D eigenvalue weighted by Crippen LogP contribution is -2.49. The summed E-state index contributed by atoms with van der Waals surface area (Å²) in [5.41, 5.74) is 0. The summed E-state index contributed by atoms with van der Waals surface area (Å²) in [6.07, 6.45) is 0.903. The van der Waals surface area contributed by atoms with E-state index in [-0.39, 0.29) is 13.2 Å². The number of methoxy groups -OCH3 is 1. The molecule has 17 heavy (non-hydrogen) atoms. The minimum Gasteiger partial charge on any atom is -0.481 e. The maximum atomic E-state index is 11.5. The van der Waals surface area contributed by atoms with Crippen molar-refractivity contribution in [1.29, 1.82) is 0 Å². The predicted molar refractivity (Wildman–Crippen MR) is 59.7 cm³/mol. The van der Waals surface area contributed by atoms with Gasteiger partial charge in [0.05, 0.1) is 18.6 Å². The normalized spacial score (nSPS) is 24.2. The number of amides is 1. The van der Waals surface area contributed by atoms with Crippen molar-refractivity contribution in [1.82, 2.24) is 4.90 Å². The molecule has 1 saturated heterocycles. The van der Waals surface area contributed by atoms with Gasteiger partial charge in [0.15, 0.2) is 0 Å². The Hall–Kier alpha value is -1.56. The summed E-state index contributed by atoms with van der Waals surface area (Å²) < 4.78 is 9.98. The van der Waals surface area contributed by atoms with E-state index in [0.29, 0.717) is 13.0 Å². The van der Waals surface area contributed by atoms with Crippen LogP contribution in [-0.4, -0.2) is 55.0 Å². The molecule has 1 heterocycles. The van der Waals surface area contributed by atoms with Crippen LogP contribution in [0.3, 0.4) is 0 Å². The third kappa shape index (κ3) is 3.45. The van der Waals surface area contributed by atoms with Gasteiger partial charge in [0.1, 0.15) is 6.61 Å². The zero-order valence-corrected chi connectivity index (χ0v) is 9.80. The van der Waals surface area contributed by atoms with Gasteiger partial charge in [-0.15, -0.1) is 0 Å². The largest absolute Gasteiger partial charge is 0.481 e. The van der Waals surface area contributed by atoms with Crippen molar-refractivity contribution in [3.05, 3.63) is 12.7 Å². The lowest BCUT2D eigenvalue weighted by Gasteiger charge is -2.34. The molecule has 0 aromatic heterocycles. The van der Waals surface area contributed by atoms with Crippen molar-refractivity contribution in [3.8, 4) is 0 Å². The fourth-order valence-electron chi connectivity index (χ4n) is 1.83. The van der Waals surface area contributed by atoms with Gasteiger partial charge < -0.3 is 19.5 Å². The topological polar surface area (TPSA) is 76.1 Å². The summed E-state index contributed by atoms with van der Waals surface area (Å²) in [4.78, 5) is 23.9. The van der Waals surface area contributed by atoms with Crippen molar-refractivity contribution in [2.24, 2.45) is 5.92 Å². The van der Waals surface area contributed by atoms with Gasteiger partial charge in [-0.1, -0.05) is 12.7 Å². The van der Waals surface area contributed by atoms with E-state index >= 15 is 0 Å². The Balaban J connectivity index is 2.55. The Bertz CT molecular complexity index is 304. The van der Waals surface area contributed by atoms with Crippen LogP contribution in [0, 0.1) is 5.92 Å². The maximum Gasteiger partial charge on any atom is 0.410 e. The number of hydrogen-bond donors (Lipinski definition) is 1. The van der Waals surface area contributed by atoms with Crippen LogP contribution in [0.25, 0.3) is 0 Å². The Morgan fingerprint density at radius 3 is 2.82 bits per heavy atom. The first-order chi connectivity index (χ1) is 8.10. The number of likely N-dealkylation sites (tertiary alicyclic amines) is 1. The SMILES string of the molecule is C=CCOC(=O)N1CC[C@H](C(=O)O)[C@H](OC)C1. The summed E-state index contributed by atoms with van der Waals surface area (Å²) in [5, 5.41) is 8.98. The van der Waals surface area contributed by atoms with Gasteiger partial charge in [0, 0.05) is 13.7 Å². The molecule has 0 aromatic carbocycles. The van der Waals surface area contributed by atoms with Crippen LogP contribution in [0.15, 0.2) is 12.7 Å². The first kappa shape index (κ1) is 13.5. The Morgan fingerprint density at radius 1 is 1.59 bits per heavy atom. The summed E-state index contributed by atoms with van der Waals surface area (Å²) in [6.45, 7) is 4.20. The highest BCUT2D eigenvalue weighted by Crippen LogP contribution is 2.20. The summed E-state index contributed by atoms with van der Waals surface area (Å²) >= 11 is 0. The predicted octanol–water partition coefficient (Wildman–Crippen LogP) is 0.731. The molecule has 6 heteroatoms. The first-order valence-electron chi connectivity index (χ1n) is 5.38. The Morgan fingerprint density at radius 2 is 2.29 bits per heavy atom. The summed E-state index contributed by atoms with van der Waals surface area (Å²) in [5.74, 6) is -1.46. The van der Waals surface area contributed by atoms with Crippen molar-refractivity contribution >= 4 is 12.1 Å². The molecule has 0 bridgehead atoms. The average molecular weight is 243 g/mol. The Labute approximate surface area is 99.8 Å². The molecule has 1 aliphatic heterocycles. The summed E-state index contributed by atoms with van der Waals surface area (Å²) in [6, 6.07) is 0. The van der Waals surface area contributed by atoms with Gasteiger partial charge >= 0.3 is 12.1 Å². The number of hydrogen-bond acceptors (Lipinski definition) is 4. The molecule has 96 valence electrons. The minimum absolute atomic E-state index is 0.148. The van der Waals surface area contributed by atoms with Crippen molar-refractivity contribution < 1.29 is 24.2 Å². The number of rotatable bonds is 4. The highest BCUT2D eigenvalue weighted by Gasteiger charge is 2.36. The van der Waals surface area contributed by atoms with Gasteiger partial charge in [-0.05, 0) is 6.42 Å². The molecule has 2 atom stereocenters. The van der Waals surface area contributed by atoms with Crippen LogP contribution in [0.2, 0.25) is 0 Å². The van der Waals surface area contributed by atoms with Crippen molar-refractivity contribution in [3.63, 3.8) is 0 Å². The highest BCUT2D eigenvalue weighted by atomic mass is 16.6. The molecule has 1 N–H and O–H groups in total. The smallest absolute Gasteiger partial charge is 0.410 e. The van der Waals surface area contributed by atoms with Crippen LogP contribution in [0.1, 0.15) is 6.42 Å². The van der Waals surface area contributed by atoms with Crippen LogP contribution < -0.4 is 0 Å². The van der Waals surface area contributed by atoms with Gasteiger partial charge in [0.25, 0.3) is 0 Å². The zero-order chi connectivity index (χ0) is 12.8. The van der Waals surface area contributed by atoms with Crippen LogP contribution in [0.5, 0.6) is 0 Å². The molecule has 0 aromatic rings. The second-order valence-electron chi connectivity index (χ2n) is 3.82. The fourth-order valence-corrected chi connectivity index (χ4v) is 1.83. The van der Waals surface area contributed by atoms with Crippen molar-refractivity contribution in [2.45, 2.75) is 12.5 Å². The number of carboxylic acids is 1. The second kappa shape index (κ2) is 6.24. The third-order valence-corrected chi connectivity index (χ3v) is 2.76. The minimum atomic E-state index is -0.893. The molecule has 0 spiro atoms. The third-order valence-electron chi connectivity index (χ3n) is 2.76. The van der Waals surface area contributed by atoms with E-state index in [1.165, 1.54) is 18.1 Å². The number of carbonyl (C=O) groups excluding carboxylic acids is 1. The van der Waals surface area contributed by atoms with Crippen molar-refractivity contribution in [2.75, 3.05) is 26.8 Å². The molecule has 0 saturated carbocycles. The average Bonchev–Trinajstić information content (AvgIpc) is 2.34. The molecule has 1 fully saturated rings. The number of aliphatic carboxylic acids is 1. The quantitative estimate of drug-likeness (QED) is 0.737. The second-order valence-corrected chi connectivity index (χ2v) is 3.82. The summed E-state index contributed by atoms with van der Waals surface area (Å²) in [7, 11) is 1.44. The zero-order valence-electron chi connectivity index (χ0n) is 9.80. The van der Waals surface area contributed by atoms with E-state index in [1.54, 1.807) is 0 Å². The molecule has 1 amide bonds. The first-order valence-corrected chi connectivity index (χ1v) is 5.38. The molecule has 0 aliphatic carbocycles. The molecular weight excluding hydrogens is 226 g/mol. The lowest BCUT2D eigenvalue weighted by atomic mass is 9.94. The fraction of sp³-hybridized carbons (Fsp3) is 0.636. The van der Waals surface area contributed by atoms with E-state index < -0.39 is 24.1 Å². The number of piperidine rings is 1. The van der Waals surface area contributed by atoms with E-state index in [9.17, 15) is 9.59 Å². The van der Waals surface area contributed by atoms with E-state index in [4.69, 9.17) is 14.6 Å². The van der Waals surface area contributed by atoms with E-state index in [2.05, 4.69) is 6.58 Å². The number of ether oxygens (including phenoxy) is 2. The highest BCUT2D eigenvalue weighted by molar-refractivity contribution is 5.72. The number of nitrogens with zero attached hydrogens (tertiary/aromatic N) is 1. The molecular formula is C11H17NO5. The standard InChI is InChI=1S/C11H17NO5/c1-3-6-17-11(15)12-5-4-8(10(13)14)9(7-12)16-2/h3,8-9H,1,4-7H2,2H3,(H,13,14)/t8-,9+/m0/s1. The molecule has 0 radical (unpaired) electrons. The molecule has 1 rings (SSSR count). The van der Waals surface area contributed by atoms with Gasteiger partial charge in [-0.2, -0.15) is 0 Å². The molecule has 0 unspecified atom stereocenters. The lowest BCUT2D eigenvalue weighted by molar-refractivity contribution is -0.149. The molecule has 1 aliphatic rings. The van der Waals surface area contributed by atoms with Crippen LogP contribution in [0.4, 0.5) is 4.79 Å². The van der Waals surface area contributed by atoms with Gasteiger partial charge in [-0.25, -0.2) is 4.79 Å². The molecule has 6 nitrogen and oxygen atoms in total. The van der Waals surface area contributed by atoms with Crippen LogP contribution >= 0.6 is 0 Å². The van der Waals surface area contributed by atoms with E-state index in [0.717, 1.165) is 0 Å². The van der Waals surface area contributed by atoms with Gasteiger partial charge in [-0.3, -0.25) is 4.79 Å². The number of carboxylic acid groups (broad SMARTS) is 1. The Kier molecular flexibility index (Phi) is 4.96. The van der Waals surface area contributed by atoms with Gasteiger partial charge in [0.2, 0.25) is 0 Å².